The van der Waals surface area contributed by atoms with Crippen LogP contribution in [0.3, 0.4) is 0 Å². The SMILES string of the molecule is CC(N)C1CCN(C(C)c2cc(O)cc(O)c2)C1. The Balaban J connectivity index is 2.10. The second kappa shape index (κ2) is 5.16. The molecule has 0 aromatic heterocycles. The normalized spacial score (nSPS) is 24.1. The fraction of sp³-hybridized carbons (Fsp3) is 0.571. The molecular formula is C14H22N2O2. The first-order valence-electron chi connectivity index (χ1n) is 6.50. The molecule has 18 heavy (non-hydrogen) atoms. The van der Waals surface area contributed by atoms with E-state index in [0.29, 0.717) is 5.92 Å². The van der Waals surface area contributed by atoms with Gasteiger partial charge in [0.15, 0.2) is 0 Å². The van der Waals surface area contributed by atoms with E-state index in [-0.39, 0.29) is 23.6 Å². The summed E-state index contributed by atoms with van der Waals surface area (Å²) >= 11 is 0. The lowest BCUT2D eigenvalue weighted by Gasteiger charge is -2.25. The molecule has 4 heteroatoms. The van der Waals surface area contributed by atoms with E-state index in [1.165, 1.54) is 6.07 Å². The molecule has 0 bridgehead atoms. The summed E-state index contributed by atoms with van der Waals surface area (Å²) in [5.74, 6) is 0.762. The van der Waals surface area contributed by atoms with Gasteiger partial charge in [-0.3, -0.25) is 4.90 Å². The van der Waals surface area contributed by atoms with Crippen molar-refractivity contribution in [2.24, 2.45) is 11.7 Å². The van der Waals surface area contributed by atoms with E-state index in [9.17, 15) is 10.2 Å². The molecule has 1 aliphatic heterocycles. The molecule has 4 nitrogen and oxygen atoms in total. The minimum Gasteiger partial charge on any atom is -0.508 e. The minimum absolute atomic E-state index is 0.111. The maximum Gasteiger partial charge on any atom is 0.119 e. The summed E-state index contributed by atoms with van der Waals surface area (Å²) in [6, 6.07) is 5.18. The number of benzene rings is 1. The zero-order valence-corrected chi connectivity index (χ0v) is 11.0. The van der Waals surface area contributed by atoms with Gasteiger partial charge in [0.2, 0.25) is 0 Å². The van der Waals surface area contributed by atoms with Crippen molar-refractivity contribution < 1.29 is 10.2 Å². The zero-order chi connectivity index (χ0) is 13.3. The van der Waals surface area contributed by atoms with Gasteiger partial charge in [0.1, 0.15) is 11.5 Å². The molecule has 3 unspecified atom stereocenters. The summed E-state index contributed by atoms with van der Waals surface area (Å²) in [5.41, 5.74) is 6.88. The van der Waals surface area contributed by atoms with E-state index < -0.39 is 0 Å². The van der Waals surface area contributed by atoms with E-state index in [1.807, 2.05) is 0 Å². The third-order valence-corrected chi connectivity index (χ3v) is 3.95. The molecule has 1 fully saturated rings. The topological polar surface area (TPSA) is 69.7 Å². The molecule has 4 N–H and O–H groups in total. The summed E-state index contributed by atoms with van der Waals surface area (Å²) in [4.78, 5) is 2.35. The number of aromatic hydroxyl groups is 2. The lowest BCUT2D eigenvalue weighted by Crippen LogP contribution is -2.30. The van der Waals surface area contributed by atoms with Crippen LogP contribution in [0, 0.1) is 5.92 Å². The molecule has 0 spiro atoms. The van der Waals surface area contributed by atoms with Crippen LogP contribution in [-0.4, -0.2) is 34.2 Å². The van der Waals surface area contributed by atoms with Gasteiger partial charge >= 0.3 is 0 Å². The number of phenols is 2. The summed E-state index contributed by atoms with van der Waals surface area (Å²) in [5, 5.41) is 19.1. The van der Waals surface area contributed by atoms with Crippen LogP contribution in [0.25, 0.3) is 0 Å². The van der Waals surface area contributed by atoms with Crippen LogP contribution in [0.15, 0.2) is 18.2 Å². The fourth-order valence-corrected chi connectivity index (χ4v) is 2.67. The number of hydrogen-bond acceptors (Lipinski definition) is 4. The van der Waals surface area contributed by atoms with Crippen molar-refractivity contribution in [1.29, 1.82) is 0 Å². The van der Waals surface area contributed by atoms with Gasteiger partial charge in [-0.15, -0.1) is 0 Å². The minimum atomic E-state index is 0.111. The molecule has 1 aliphatic rings. The highest BCUT2D eigenvalue weighted by Crippen LogP contribution is 2.32. The lowest BCUT2D eigenvalue weighted by atomic mass is 10.0. The molecule has 0 aliphatic carbocycles. The molecule has 0 radical (unpaired) electrons. The Labute approximate surface area is 108 Å². The molecule has 1 aromatic rings. The Morgan fingerprint density at radius 2 is 1.83 bits per heavy atom. The highest BCUT2D eigenvalue weighted by molar-refractivity contribution is 5.38. The first-order valence-corrected chi connectivity index (χ1v) is 6.50. The summed E-state index contributed by atoms with van der Waals surface area (Å²) in [6.45, 7) is 6.15. The second-order valence-corrected chi connectivity index (χ2v) is 5.36. The second-order valence-electron chi connectivity index (χ2n) is 5.36. The van der Waals surface area contributed by atoms with Crippen LogP contribution in [0.1, 0.15) is 31.9 Å². The molecule has 0 saturated carbocycles. The van der Waals surface area contributed by atoms with Gasteiger partial charge in [-0.1, -0.05) is 0 Å². The molecule has 2 rings (SSSR count). The highest BCUT2D eigenvalue weighted by Gasteiger charge is 2.28. The molecule has 3 atom stereocenters. The van der Waals surface area contributed by atoms with Gasteiger partial charge in [0, 0.05) is 24.7 Å². The quantitative estimate of drug-likeness (QED) is 0.765. The molecule has 1 aromatic carbocycles. The zero-order valence-electron chi connectivity index (χ0n) is 11.0. The van der Waals surface area contributed by atoms with Gasteiger partial charge in [0.25, 0.3) is 0 Å². The first-order chi connectivity index (χ1) is 8.47. The summed E-state index contributed by atoms with van der Waals surface area (Å²) < 4.78 is 0. The third-order valence-electron chi connectivity index (χ3n) is 3.95. The first kappa shape index (κ1) is 13.2. The van der Waals surface area contributed by atoms with E-state index in [1.54, 1.807) is 12.1 Å². The van der Waals surface area contributed by atoms with Crippen molar-refractivity contribution in [2.45, 2.75) is 32.4 Å². The number of nitrogens with two attached hydrogens (primary N) is 1. The van der Waals surface area contributed by atoms with Gasteiger partial charge in [-0.2, -0.15) is 0 Å². The molecular weight excluding hydrogens is 228 g/mol. The fourth-order valence-electron chi connectivity index (χ4n) is 2.67. The molecule has 0 amide bonds. The van der Waals surface area contributed by atoms with Crippen molar-refractivity contribution in [3.8, 4) is 11.5 Å². The van der Waals surface area contributed by atoms with Gasteiger partial charge in [-0.25, -0.2) is 0 Å². The molecule has 1 saturated heterocycles. The third kappa shape index (κ3) is 2.76. The van der Waals surface area contributed by atoms with Crippen molar-refractivity contribution in [3.63, 3.8) is 0 Å². The Kier molecular flexibility index (Phi) is 3.78. The summed E-state index contributed by atoms with van der Waals surface area (Å²) in [6.07, 6.45) is 1.12. The Morgan fingerprint density at radius 3 is 2.33 bits per heavy atom. The number of phenolic OH excluding ortho intramolecular Hbond substituents is 2. The lowest BCUT2D eigenvalue weighted by molar-refractivity contribution is 0.247. The molecule has 100 valence electrons. The van der Waals surface area contributed by atoms with E-state index in [2.05, 4.69) is 18.7 Å². The van der Waals surface area contributed by atoms with Crippen molar-refractivity contribution in [1.82, 2.24) is 4.90 Å². The van der Waals surface area contributed by atoms with Crippen LogP contribution in [0.5, 0.6) is 11.5 Å². The maximum absolute atomic E-state index is 9.53. The highest BCUT2D eigenvalue weighted by atomic mass is 16.3. The number of rotatable bonds is 3. The Morgan fingerprint density at radius 1 is 1.22 bits per heavy atom. The number of likely N-dealkylation sites (tertiary alicyclic amines) is 1. The van der Waals surface area contributed by atoms with E-state index in [0.717, 1.165) is 25.1 Å². The van der Waals surface area contributed by atoms with Crippen LogP contribution >= 0.6 is 0 Å². The Hall–Kier alpha value is -1.26. The van der Waals surface area contributed by atoms with E-state index in [4.69, 9.17) is 5.73 Å². The van der Waals surface area contributed by atoms with Crippen LogP contribution in [-0.2, 0) is 0 Å². The van der Waals surface area contributed by atoms with Crippen molar-refractivity contribution in [3.05, 3.63) is 23.8 Å². The average Bonchev–Trinajstić information content (AvgIpc) is 2.75. The predicted octanol–water partition coefficient (Wildman–Crippen LogP) is 1.83. The maximum atomic E-state index is 9.53. The largest absolute Gasteiger partial charge is 0.508 e. The van der Waals surface area contributed by atoms with Crippen molar-refractivity contribution in [2.75, 3.05) is 13.1 Å². The van der Waals surface area contributed by atoms with Gasteiger partial charge < -0.3 is 15.9 Å². The van der Waals surface area contributed by atoms with E-state index >= 15 is 0 Å². The average molecular weight is 250 g/mol. The van der Waals surface area contributed by atoms with Crippen LogP contribution in [0.4, 0.5) is 0 Å². The van der Waals surface area contributed by atoms with Gasteiger partial charge in [-0.05, 0) is 50.4 Å². The van der Waals surface area contributed by atoms with Gasteiger partial charge in [0.05, 0.1) is 0 Å². The predicted molar refractivity (Wildman–Crippen MR) is 71.5 cm³/mol. The standard InChI is InChI=1S/C14H22N2O2/c1-9(15)11-3-4-16(8-11)10(2)12-5-13(17)7-14(18)6-12/h5-7,9-11,17-18H,3-4,8,15H2,1-2H3. The van der Waals surface area contributed by atoms with Crippen LogP contribution in [0.2, 0.25) is 0 Å². The monoisotopic (exact) mass is 250 g/mol. The smallest absolute Gasteiger partial charge is 0.119 e. The van der Waals surface area contributed by atoms with Crippen LogP contribution < -0.4 is 5.73 Å². The number of hydrogen-bond donors (Lipinski definition) is 3. The summed E-state index contributed by atoms with van der Waals surface area (Å²) in [7, 11) is 0. The van der Waals surface area contributed by atoms with Crippen molar-refractivity contribution >= 4 is 0 Å². The molecule has 1 heterocycles. The Bertz CT molecular complexity index is 400. The number of nitrogens with zero attached hydrogens (tertiary/aromatic N) is 1.